The summed E-state index contributed by atoms with van der Waals surface area (Å²) in [7, 11) is 2.03. The number of carbonyl (C=O) groups is 1. The first kappa shape index (κ1) is 14.6. The number of Topliss-reactive ketones (excluding diaryl/α,β-unsaturated/α-hetero) is 1. The molecule has 6 nitrogen and oxygen atoms in total. The summed E-state index contributed by atoms with van der Waals surface area (Å²) in [5, 5.41) is 7.79. The van der Waals surface area contributed by atoms with Crippen LogP contribution in [-0.4, -0.2) is 39.4 Å². The Labute approximate surface area is 135 Å². The second-order valence-electron chi connectivity index (χ2n) is 6.66. The Kier molecular flexibility index (Phi) is 3.77. The van der Waals surface area contributed by atoms with Crippen LogP contribution in [0.1, 0.15) is 49.0 Å². The molecule has 1 aliphatic carbocycles. The number of rotatable bonds is 3. The van der Waals surface area contributed by atoms with E-state index in [9.17, 15) is 4.79 Å². The predicted octanol–water partition coefficient (Wildman–Crippen LogP) is 2.35. The van der Waals surface area contributed by atoms with E-state index in [1.165, 1.54) is 12.8 Å². The molecule has 2 N–H and O–H groups in total. The Hall–Kier alpha value is -1.95. The van der Waals surface area contributed by atoms with Gasteiger partial charge in [0.15, 0.2) is 5.78 Å². The van der Waals surface area contributed by atoms with Gasteiger partial charge in [0.05, 0.1) is 5.69 Å². The van der Waals surface area contributed by atoms with Gasteiger partial charge in [-0.2, -0.15) is 4.98 Å². The van der Waals surface area contributed by atoms with Crippen LogP contribution in [-0.2, 0) is 6.54 Å². The molecule has 0 saturated heterocycles. The fourth-order valence-corrected chi connectivity index (χ4v) is 3.80. The first-order valence-electron chi connectivity index (χ1n) is 8.58. The molecule has 2 aromatic rings. The molecule has 0 atom stereocenters. The minimum atomic E-state index is 0.217. The van der Waals surface area contributed by atoms with E-state index < -0.39 is 0 Å². The van der Waals surface area contributed by atoms with Crippen LogP contribution >= 0.6 is 0 Å². The number of aromatic nitrogens is 3. The number of nitrogens with one attached hydrogen (secondary N) is 2. The molecule has 1 aliphatic heterocycles. The third kappa shape index (κ3) is 2.72. The van der Waals surface area contributed by atoms with E-state index in [1.807, 2.05) is 23.9 Å². The minimum absolute atomic E-state index is 0.217. The molecule has 1 saturated carbocycles. The highest BCUT2D eigenvalue weighted by molar-refractivity contribution is 6.00. The van der Waals surface area contributed by atoms with Gasteiger partial charge < -0.3 is 15.2 Å². The Balaban J connectivity index is 1.56. The molecule has 0 spiro atoms. The maximum absolute atomic E-state index is 12.0. The predicted molar refractivity (Wildman–Crippen MR) is 89.8 cm³/mol. The second-order valence-corrected chi connectivity index (χ2v) is 6.66. The molecule has 3 heterocycles. The largest absolute Gasteiger partial charge is 0.351 e. The number of hydrogen-bond donors (Lipinski definition) is 2. The summed E-state index contributed by atoms with van der Waals surface area (Å²) in [5.41, 5.74) is 1.67. The molecule has 6 heteroatoms. The molecule has 122 valence electrons. The minimum Gasteiger partial charge on any atom is -0.351 e. The van der Waals surface area contributed by atoms with Crippen molar-refractivity contribution in [1.82, 2.24) is 19.9 Å². The fraction of sp³-hybridized carbons (Fsp3) is 0.588. The van der Waals surface area contributed by atoms with Gasteiger partial charge in [-0.05, 0) is 45.2 Å². The summed E-state index contributed by atoms with van der Waals surface area (Å²) in [6.45, 7) is 0.869. The normalized spacial score (nSPS) is 24.7. The van der Waals surface area contributed by atoms with Crippen molar-refractivity contribution < 1.29 is 4.79 Å². The van der Waals surface area contributed by atoms with E-state index in [-0.39, 0.29) is 5.78 Å². The van der Waals surface area contributed by atoms with Gasteiger partial charge in [-0.25, -0.2) is 4.98 Å². The van der Waals surface area contributed by atoms with Gasteiger partial charge in [0.2, 0.25) is 5.95 Å². The molecule has 0 bridgehead atoms. The Morgan fingerprint density at radius 3 is 2.78 bits per heavy atom. The van der Waals surface area contributed by atoms with Crippen molar-refractivity contribution in [2.45, 2.75) is 57.2 Å². The van der Waals surface area contributed by atoms with E-state index in [0.717, 1.165) is 42.5 Å². The molecular weight excluding hydrogens is 290 g/mol. The lowest BCUT2D eigenvalue weighted by molar-refractivity contribution is 0.0956. The van der Waals surface area contributed by atoms with E-state index >= 15 is 0 Å². The van der Waals surface area contributed by atoms with E-state index in [4.69, 9.17) is 0 Å². The highest BCUT2D eigenvalue weighted by atomic mass is 16.1. The fourth-order valence-electron chi connectivity index (χ4n) is 3.80. The van der Waals surface area contributed by atoms with Crippen molar-refractivity contribution in [3.05, 3.63) is 18.0 Å². The molecule has 2 aromatic heterocycles. The molecule has 0 unspecified atom stereocenters. The van der Waals surface area contributed by atoms with Crippen LogP contribution in [0.25, 0.3) is 11.0 Å². The van der Waals surface area contributed by atoms with Gasteiger partial charge in [0, 0.05) is 36.6 Å². The van der Waals surface area contributed by atoms with Crippen LogP contribution in [0.5, 0.6) is 0 Å². The smallest absolute Gasteiger partial charge is 0.224 e. The molecule has 23 heavy (non-hydrogen) atoms. The molecular formula is C17H23N5O. The first-order valence-corrected chi connectivity index (χ1v) is 8.58. The number of carbonyl (C=O) groups excluding carboxylic acids is 1. The second kappa shape index (κ2) is 5.92. The lowest BCUT2D eigenvalue weighted by atomic mass is 9.91. The van der Waals surface area contributed by atoms with Crippen molar-refractivity contribution in [2.75, 3.05) is 12.4 Å². The Bertz CT molecular complexity index is 730. The number of fused-ring (bicyclic) bond motifs is 3. The maximum atomic E-state index is 12.0. The van der Waals surface area contributed by atoms with E-state index in [0.29, 0.717) is 24.5 Å². The zero-order valence-electron chi connectivity index (χ0n) is 13.5. The van der Waals surface area contributed by atoms with E-state index in [2.05, 4.69) is 20.6 Å². The van der Waals surface area contributed by atoms with Crippen LogP contribution in [0.4, 0.5) is 5.95 Å². The zero-order chi connectivity index (χ0) is 15.8. The molecule has 0 aromatic carbocycles. The van der Waals surface area contributed by atoms with Crippen molar-refractivity contribution >= 4 is 22.8 Å². The average Bonchev–Trinajstić information content (AvgIpc) is 2.95. The van der Waals surface area contributed by atoms with E-state index in [1.54, 1.807) is 0 Å². The SMILES string of the molecule is CNC1CCC(Nc2ncc3cc4n(c3n2)CCCC4=O)CC1. The highest BCUT2D eigenvalue weighted by Crippen LogP contribution is 2.25. The number of ketones is 1. The Morgan fingerprint density at radius 2 is 2.00 bits per heavy atom. The van der Waals surface area contributed by atoms with Crippen LogP contribution in [0.3, 0.4) is 0 Å². The van der Waals surface area contributed by atoms with Gasteiger partial charge in [-0.3, -0.25) is 4.79 Å². The molecule has 0 radical (unpaired) electrons. The number of nitrogens with zero attached hydrogens (tertiary/aromatic N) is 3. The van der Waals surface area contributed by atoms with Crippen LogP contribution < -0.4 is 10.6 Å². The Morgan fingerprint density at radius 1 is 1.22 bits per heavy atom. The molecule has 1 fully saturated rings. The lowest BCUT2D eigenvalue weighted by Gasteiger charge is -2.28. The van der Waals surface area contributed by atoms with Crippen molar-refractivity contribution in [2.24, 2.45) is 0 Å². The van der Waals surface area contributed by atoms with Crippen LogP contribution in [0.15, 0.2) is 12.3 Å². The highest BCUT2D eigenvalue weighted by Gasteiger charge is 2.23. The van der Waals surface area contributed by atoms with Gasteiger partial charge in [-0.1, -0.05) is 0 Å². The third-order valence-electron chi connectivity index (χ3n) is 5.17. The summed E-state index contributed by atoms with van der Waals surface area (Å²) in [4.78, 5) is 21.2. The van der Waals surface area contributed by atoms with Gasteiger partial charge in [0.1, 0.15) is 5.65 Å². The third-order valence-corrected chi connectivity index (χ3v) is 5.17. The molecule has 0 amide bonds. The summed E-state index contributed by atoms with van der Waals surface area (Å²) in [5.74, 6) is 0.901. The summed E-state index contributed by atoms with van der Waals surface area (Å²) in [6, 6.07) is 3.01. The van der Waals surface area contributed by atoms with Crippen LogP contribution in [0, 0.1) is 0 Å². The first-order chi connectivity index (χ1) is 11.2. The van der Waals surface area contributed by atoms with Gasteiger partial charge in [-0.15, -0.1) is 0 Å². The van der Waals surface area contributed by atoms with Crippen molar-refractivity contribution in [3.63, 3.8) is 0 Å². The van der Waals surface area contributed by atoms with Gasteiger partial charge in [0.25, 0.3) is 0 Å². The molecule has 2 aliphatic rings. The van der Waals surface area contributed by atoms with Gasteiger partial charge >= 0.3 is 0 Å². The monoisotopic (exact) mass is 313 g/mol. The number of hydrogen-bond acceptors (Lipinski definition) is 5. The van der Waals surface area contributed by atoms with Crippen molar-refractivity contribution in [3.8, 4) is 0 Å². The topological polar surface area (TPSA) is 71.8 Å². The van der Waals surface area contributed by atoms with Crippen LogP contribution in [0.2, 0.25) is 0 Å². The summed E-state index contributed by atoms with van der Waals surface area (Å²) < 4.78 is 2.05. The standard InChI is InChI=1S/C17H23N5O/c1-18-12-4-6-13(7-5-12)20-17-19-10-11-9-14-15(23)3-2-8-22(14)16(11)21-17/h9-10,12-13,18H,2-8H2,1H3,(H,19,20,21). The summed E-state index contributed by atoms with van der Waals surface area (Å²) >= 11 is 0. The summed E-state index contributed by atoms with van der Waals surface area (Å²) in [6.07, 6.45) is 8.02. The lowest BCUT2D eigenvalue weighted by Crippen LogP contribution is -2.35. The number of aryl methyl sites for hydroxylation is 1. The number of anilines is 1. The quantitative estimate of drug-likeness (QED) is 0.910. The molecule has 4 rings (SSSR count). The zero-order valence-corrected chi connectivity index (χ0v) is 13.5. The van der Waals surface area contributed by atoms with Crippen molar-refractivity contribution in [1.29, 1.82) is 0 Å². The average molecular weight is 313 g/mol. The maximum Gasteiger partial charge on any atom is 0.224 e.